The van der Waals surface area contributed by atoms with Crippen LogP contribution in [0.15, 0.2) is 90.4 Å². The molecule has 3 aromatic carbocycles. The van der Waals surface area contributed by atoms with Crippen LogP contribution in [0.1, 0.15) is 12.0 Å². The van der Waals surface area contributed by atoms with Crippen molar-refractivity contribution in [1.29, 1.82) is 0 Å². The highest BCUT2D eigenvalue weighted by molar-refractivity contribution is 6.24. The molecule has 0 spiro atoms. The zero-order valence-electron chi connectivity index (χ0n) is 15.0. The van der Waals surface area contributed by atoms with E-state index in [1.54, 1.807) is 0 Å². The summed E-state index contributed by atoms with van der Waals surface area (Å²) in [6.45, 7) is 1.83. The molecule has 0 radical (unpaired) electrons. The van der Waals surface area contributed by atoms with Gasteiger partial charge in [-0.05, 0) is 30.0 Å². The molecule has 4 nitrogen and oxygen atoms in total. The van der Waals surface area contributed by atoms with Crippen LogP contribution in [-0.2, 0) is 6.54 Å². The van der Waals surface area contributed by atoms with Gasteiger partial charge < -0.3 is 9.47 Å². The van der Waals surface area contributed by atoms with Crippen molar-refractivity contribution in [2.75, 3.05) is 11.4 Å². The molecule has 1 aromatic heterocycles. The summed E-state index contributed by atoms with van der Waals surface area (Å²) in [7, 11) is 0. The molecular weight excluding hydrogens is 332 g/mol. The highest BCUT2D eigenvalue weighted by Gasteiger charge is 2.23. The summed E-state index contributed by atoms with van der Waals surface area (Å²) < 4.78 is 2.12. The van der Waals surface area contributed by atoms with Gasteiger partial charge in [0.05, 0.1) is 12.0 Å². The van der Waals surface area contributed by atoms with E-state index in [-0.39, 0.29) is 0 Å². The molecule has 0 bridgehead atoms. The predicted octanol–water partition coefficient (Wildman–Crippen LogP) is 5.02. The van der Waals surface area contributed by atoms with Gasteiger partial charge in [-0.1, -0.05) is 48.5 Å². The summed E-state index contributed by atoms with van der Waals surface area (Å²) in [5.41, 5.74) is 3.45. The Morgan fingerprint density at radius 2 is 1.74 bits per heavy atom. The normalized spacial score (nSPS) is 12.4. The van der Waals surface area contributed by atoms with Gasteiger partial charge in [-0.25, -0.2) is 9.98 Å². The minimum Gasteiger partial charge on any atom is -0.337 e. The van der Waals surface area contributed by atoms with Crippen LogP contribution in [0.25, 0.3) is 10.8 Å². The van der Waals surface area contributed by atoms with E-state index in [2.05, 4.69) is 81.2 Å². The Kier molecular flexibility index (Phi) is 3.94. The van der Waals surface area contributed by atoms with Crippen LogP contribution < -0.4 is 4.90 Å². The summed E-state index contributed by atoms with van der Waals surface area (Å²) in [6, 6.07) is 23.3. The first-order valence-corrected chi connectivity index (χ1v) is 9.29. The van der Waals surface area contributed by atoms with Gasteiger partial charge >= 0.3 is 0 Å². The number of para-hydroxylation sites is 1. The Balaban J connectivity index is 1.51. The summed E-state index contributed by atoms with van der Waals surface area (Å²) in [5.74, 6) is 1.04. The largest absolute Gasteiger partial charge is 0.337 e. The number of aromatic nitrogens is 2. The van der Waals surface area contributed by atoms with Gasteiger partial charge in [0.2, 0.25) is 0 Å². The van der Waals surface area contributed by atoms with Crippen molar-refractivity contribution in [3.8, 4) is 0 Å². The SMILES string of the molecule is c1ccc(N(CCCn2ccnc2)C2=Nc3cccc4cccc2c34)cc1. The molecule has 132 valence electrons. The van der Waals surface area contributed by atoms with E-state index in [9.17, 15) is 0 Å². The lowest BCUT2D eigenvalue weighted by Crippen LogP contribution is -2.32. The number of anilines is 1. The molecule has 4 heteroatoms. The minimum absolute atomic E-state index is 0.894. The highest BCUT2D eigenvalue weighted by Crippen LogP contribution is 2.37. The number of benzene rings is 3. The zero-order chi connectivity index (χ0) is 18.1. The summed E-state index contributed by atoms with van der Waals surface area (Å²) in [5, 5.41) is 2.50. The van der Waals surface area contributed by atoms with Crippen molar-refractivity contribution >= 4 is 28.0 Å². The third-order valence-corrected chi connectivity index (χ3v) is 5.03. The second-order valence-electron chi connectivity index (χ2n) is 6.76. The molecule has 0 saturated heterocycles. The van der Waals surface area contributed by atoms with Crippen molar-refractivity contribution in [1.82, 2.24) is 9.55 Å². The molecule has 1 aliphatic heterocycles. The lowest BCUT2D eigenvalue weighted by Gasteiger charge is -2.25. The number of nitrogens with zero attached hydrogens (tertiary/aromatic N) is 4. The molecule has 0 amide bonds. The van der Waals surface area contributed by atoms with Gasteiger partial charge in [-0.2, -0.15) is 0 Å². The second kappa shape index (κ2) is 6.72. The number of imidazole rings is 1. The Morgan fingerprint density at radius 3 is 2.56 bits per heavy atom. The first-order valence-electron chi connectivity index (χ1n) is 9.29. The smallest absolute Gasteiger partial charge is 0.141 e. The third kappa shape index (κ3) is 2.89. The Labute approximate surface area is 158 Å². The van der Waals surface area contributed by atoms with Crippen LogP contribution in [-0.4, -0.2) is 21.9 Å². The number of amidine groups is 1. The van der Waals surface area contributed by atoms with E-state index in [0.717, 1.165) is 31.0 Å². The predicted molar refractivity (Wildman–Crippen MR) is 111 cm³/mol. The molecule has 4 aromatic rings. The average molecular weight is 352 g/mol. The van der Waals surface area contributed by atoms with Crippen LogP contribution >= 0.6 is 0 Å². The van der Waals surface area contributed by atoms with Gasteiger partial charge in [0, 0.05) is 42.1 Å². The number of hydrogen-bond donors (Lipinski definition) is 0. The number of hydrogen-bond acceptors (Lipinski definition) is 3. The van der Waals surface area contributed by atoms with Gasteiger partial charge in [-0.15, -0.1) is 0 Å². The van der Waals surface area contributed by atoms with E-state index in [1.807, 2.05) is 18.7 Å². The van der Waals surface area contributed by atoms with E-state index in [4.69, 9.17) is 4.99 Å². The number of aryl methyl sites for hydroxylation is 1. The zero-order valence-corrected chi connectivity index (χ0v) is 15.0. The van der Waals surface area contributed by atoms with Crippen LogP contribution in [0.3, 0.4) is 0 Å². The molecule has 27 heavy (non-hydrogen) atoms. The molecule has 5 rings (SSSR count). The van der Waals surface area contributed by atoms with Crippen LogP contribution in [0.5, 0.6) is 0 Å². The maximum Gasteiger partial charge on any atom is 0.141 e. The molecular formula is C23H20N4. The van der Waals surface area contributed by atoms with E-state index in [0.29, 0.717) is 0 Å². The molecule has 1 aliphatic rings. The fourth-order valence-electron chi connectivity index (χ4n) is 3.78. The molecule has 0 unspecified atom stereocenters. The average Bonchev–Trinajstić information content (AvgIpc) is 3.36. The maximum atomic E-state index is 5.01. The first-order chi connectivity index (χ1) is 13.4. The Hall–Kier alpha value is -3.40. The summed E-state index contributed by atoms with van der Waals surface area (Å²) in [6.07, 6.45) is 6.72. The highest BCUT2D eigenvalue weighted by atomic mass is 15.2. The van der Waals surface area contributed by atoms with E-state index >= 15 is 0 Å². The van der Waals surface area contributed by atoms with Gasteiger partial charge in [0.1, 0.15) is 5.84 Å². The molecule has 0 fully saturated rings. The maximum absolute atomic E-state index is 5.01. The van der Waals surface area contributed by atoms with Gasteiger partial charge in [0.15, 0.2) is 0 Å². The van der Waals surface area contributed by atoms with Crippen molar-refractivity contribution in [3.05, 3.63) is 91.0 Å². The van der Waals surface area contributed by atoms with Crippen molar-refractivity contribution in [3.63, 3.8) is 0 Å². The van der Waals surface area contributed by atoms with Gasteiger partial charge in [0.25, 0.3) is 0 Å². The first kappa shape index (κ1) is 15.8. The van der Waals surface area contributed by atoms with Crippen LogP contribution in [0, 0.1) is 0 Å². The van der Waals surface area contributed by atoms with Gasteiger partial charge in [-0.3, -0.25) is 0 Å². The standard InChI is InChI=1S/C23H20N4/c1-2-9-19(10-3-1)27(15-6-14-26-16-13-24-17-26)23-20-11-4-7-18-8-5-12-21(25-23)22(18)20/h1-5,7-13,16-17H,6,14-15H2. The quantitative estimate of drug-likeness (QED) is 0.505. The monoisotopic (exact) mass is 352 g/mol. The summed E-state index contributed by atoms with van der Waals surface area (Å²) in [4.78, 5) is 11.5. The molecule has 0 atom stereocenters. The summed E-state index contributed by atoms with van der Waals surface area (Å²) >= 11 is 0. The molecule has 0 saturated carbocycles. The van der Waals surface area contributed by atoms with Crippen LogP contribution in [0.4, 0.5) is 11.4 Å². The lowest BCUT2D eigenvalue weighted by atomic mass is 10.0. The number of rotatable bonds is 5. The van der Waals surface area contributed by atoms with Crippen LogP contribution in [0.2, 0.25) is 0 Å². The second-order valence-corrected chi connectivity index (χ2v) is 6.76. The third-order valence-electron chi connectivity index (χ3n) is 5.03. The molecule has 0 N–H and O–H groups in total. The topological polar surface area (TPSA) is 33.4 Å². The van der Waals surface area contributed by atoms with Crippen molar-refractivity contribution < 1.29 is 0 Å². The Morgan fingerprint density at radius 1 is 0.889 bits per heavy atom. The lowest BCUT2D eigenvalue weighted by molar-refractivity contribution is 0.647. The van der Waals surface area contributed by atoms with E-state index in [1.165, 1.54) is 22.0 Å². The molecule has 2 heterocycles. The minimum atomic E-state index is 0.894. The fourth-order valence-corrected chi connectivity index (χ4v) is 3.78. The van der Waals surface area contributed by atoms with E-state index < -0.39 is 0 Å². The number of aliphatic imine (C=N–C) groups is 1. The Bertz CT molecular complexity index is 1090. The molecule has 0 aliphatic carbocycles. The van der Waals surface area contributed by atoms with Crippen molar-refractivity contribution in [2.45, 2.75) is 13.0 Å². The van der Waals surface area contributed by atoms with Crippen molar-refractivity contribution in [2.24, 2.45) is 4.99 Å². The fraction of sp³-hybridized carbons (Fsp3) is 0.130.